The highest BCUT2D eigenvalue weighted by molar-refractivity contribution is 6.32. The van der Waals surface area contributed by atoms with Crippen LogP contribution in [0, 0.1) is 0 Å². The van der Waals surface area contributed by atoms with Gasteiger partial charge in [-0.3, -0.25) is 23.5 Å². The Balaban J connectivity index is 1.40. The lowest BCUT2D eigenvalue weighted by molar-refractivity contribution is -0.121. The summed E-state index contributed by atoms with van der Waals surface area (Å²) in [6, 6.07) is 16.9. The lowest BCUT2D eigenvalue weighted by Crippen LogP contribution is -2.42. The summed E-state index contributed by atoms with van der Waals surface area (Å²) in [7, 11) is 4.61. The molecule has 4 rings (SSSR count). The van der Waals surface area contributed by atoms with E-state index in [0.717, 1.165) is 10.1 Å². The smallest absolute Gasteiger partial charge is 0.331 e. The maximum Gasteiger partial charge on any atom is 0.331 e. The molecule has 0 aliphatic carbocycles. The van der Waals surface area contributed by atoms with Crippen molar-refractivity contribution in [2.24, 2.45) is 0 Å². The summed E-state index contributed by atoms with van der Waals surface area (Å²) in [5, 5.41) is 6.19. The average molecular weight is 609 g/mol. The Labute approximate surface area is 252 Å². The van der Waals surface area contributed by atoms with E-state index in [1.165, 1.54) is 11.7 Å². The number of ether oxygens (including phenoxy) is 3. The fraction of sp³-hybridized carbons (Fsp3) is 0.290. The predicted octanol–water partition coefficient (Wildman–Crippen LogP) is 3.62. The molecule has 3 aromatic carbocycles. The van der Waals surface area contributed by atoms with E-state index in [2.05, 4.69) is 10.6 Å². The van der Waals surface area contributed by atoms with Gasteiger partial charge in [0.1, 0.15) is 12.3 Å². The van der Waals surface area contributed by atoms with Gasteiger partial charge in [0.2, 0.25) is 11.8 Å². The molecule has 2 amide bonds. The molecule has 0 atom stereocenters. The number of nitrogens with one attached hydrogen (secondary N) is 2. The minimum absolute atomic E-state index is 0.0152. The van der Waals surface area contributed by atoms with Gasteiger partial charge in [-0.25, -0.2) is 4.79 Å². The average Bonchev–Trinajstić information content (AvgIpc) is 3.01. The monoisotopic (exact) mass is 608 g/mol. The van der Waals surface area contributed by atoms with Gasteiger partial charge in [0.05, 0.1) is 37.3 Å². The number of methoxy groups -OCH3 is 3. The molecule has 0 saturated carbocycles. The van der Waals surface area contributed by atoms with E-state index in [-0.39, 0.29) is 31.8 Å². The minimum Gasteiger partial charge on any atom is -0.495 e. The van der Waals surface area contributed by atoms with Crippen LogP contribution in [0.5, 0.6) is 17.2 Å². The Morgan fingerprint density at radius 3 is 2.28 bits per heavy atom. The third-order valence-corrected chi connectivity index (χ3v) is 7.13. The van der Waals surface area contributed by atoms with Crippen molar-refractivity contribution in [1.29, 1.82) is 0 Å². The summed E-state index contributed by atoms with van der Waals surface area (Å²) in [4.78, 5) is 52.0. The highest BCUT2D eigenvalue weighted by atomic mass is 35.5. The number of para-hydroxylation sites is 1. The third kappa shape index (κ3) is 7.55. The highest BCUT2D eigenvalue weighted by Gasteiger charge is 2.16. The molecule has 0 fully saturated rings. The number of hydrogen-bond donors (Lipinski definition) is 2. The summed E-state index contributed by atoms with van der Waals surface area (Å²) in [5.74, 6) is 1.02. The number of amides is 2. The molecule has 12 heteroatoms. The van der Waals surface area contributed by atoms with Gasteiger partial charge < -0.3 is 24.8 Å². The zero-order chi connectivity index (χ0) is 30.9. The zero-order valence-electron chi connectivity index (χ0n) is 24.1. The van der Waals surface area contributed by atoms with Crippen molar-refractivity contribution >= 4 is 40.0 Å². The number of hydrogen-bond acceptors (Lipinski definition) is 7. The molecule has 1 aromatic heterocycles. The maximum atomic E-state index is 13.4. The standard InChI is InChI=1S/C31H33ClN4O7/c1-41-25-13-11-21(18-23(25)32)34-29(38)19-36-24-8-5-4-7-22(24)30(39)35(31(36)40)16-6-9-28(37)33-15-14-20-10-12-26(42-2)27(17-20)43-3/h4-5,7-8,10-13,17-18H,6,9,14-16,19H2,1-3H3,(H,33,37)(H,34,38). The molecule has 0 radical (unpaired) electrons. The van der Waals surface area contributed by atoms with E-state index in [0.29, 0.717) is 51.8 Å². The molecule has 0 aliphatic heterocycles. The van der Waals surface area contributed by atoms with Gasteiger partial charge in [-0.05, 0) is 60.9 Å². The molecule has 0 unspecified atom stereocenters. The Morgan fingerprint density at radius 1 is 0.837 bits per heavy atom. The number of anilines is 1. The lowest BCUT2D eigenvalue weighted by atomic mass is 10.1. The van der Waals surface area contributed by atoms with Crippen LogP contribution in [-0.2, 0) is 29.1 Å². The summed E-state index contributed by atoms with van der Waals surface area (Å²) in [5.41, 5.74) is 0.622. The second-order valence-corrected chi connectivity index (χ2v) is 10.0. The Kier molecular flexibility index (Phi) is 10.4. The molecule has 0 spiro atoms. The quantitative estimate of drug-likeness (QED) is 0.237. The first-order valence-electron chi connectivity index (χ1n) is 13.6. The second-order valence-electron chi connectivity index (χ2n) is 9.63. The van der Waals surface area contributed by atoms with E-state index < -0.39 is 17.2 Å². The Morgan fingerprint density at radius 2 is 1.56 bits per heavy atom. The first-order valence-corrected chi connectivity index (χ1v) is 14.0. The number of fused-ring (bicyclic) bond motifs is 1. The normalized spacial score (nSPS) is 10.8. The van der Waals surface area contributed by atoms with Crippen LogP contribution >= 0.6 is 11.6 Å². The van der Waals surface area contributed by atoms with Crippen molar-refractivity contribution in [2.75, 3.05) is 33.2 Å². The fourth-order valence-corrected chi connectivity index (χ4v) is 4.94. The largest absolute Gasteiger partial charge is 0.495 e. The number of carbonyl (C=O) groups is 2. The van der Waals surface area contributed by atoms with E-state index in [4.69, 9.17) is 25.8 Å². The first kappa shape index (κ1) is 31.2. The molecular formula is C31H33ClN4O7. The topological polar surface area (TPSA) is 130 Å². The molecule has 0 saturated heterocycles. The van der Waals surface area contributed by atoms with Crippen molar-refractivity contribution in [1.82, 2.24) is 14.5 Å². The number of carbonyl (C=O) groups excluding carboxylic acids is 2. The number of halogens is 1. The Hall–Kier alpha value is -4.77. The van der Waals surface area contributed by atoms with Gasteiger partial charge in [0.15, 0.2) is 11.5 Å². The molecule has 0 bridgehead atoms. The van der Waals surface area contributed by atoms with Crippen molar-refractivity contribution in [3.8, 4) is 17.2 Å². The summed E-state index contributed by atoms with van der Waals surface area (Å²) < 4.78 is 18.0. The molecule has 2 N–H and O–H groups in total. The lowest BCUT2D eigenvalue weighted by Gasteiger charge is -2.14. The van der Waals surface area contributed by atoms with Crippen LogP contribution in [0.2, 0.25) is 5.02 Å². The highest BCUT2D eigenvalue weighted by Crippen LogP contribution is 2.28. The van der Waals surface area contributed by atoms with Crippen molar-refractivity contribution in [3.63, 3.8) is 0 Å². The van der Waals surface area contributed by atoms with Crippen molar-refractivity contribution in [2.45, 2.75) is 32.4 Å². The van der Waals surface area contributed by atoms with E-state index in [9.17, 15) is 19.2 Å². The van der Waals surface area contributed by atoms with Gasteiger partial charge in [-0.2, -0.15) is 0 Å². The minimum atomic E-state index is -0.638. The summed E-state index contributed by atoms with van der Waals surface area (Å²) in [6.07, 6.45) is 0.960. The molecule has 4 aromatic rings. The molecular weight excluding hydrogens is 576 g/mol. The van der Waals surface area contributed by atoms with Crippen LogP contribution < -0.4 is 36.1 Å². The second kappa shape index (κ2) is 14.4. The Bertz CT molecular complexity index is 1750. The van der Waals surface area contributed by atoms with Gasteiger partial charge in [0, 0.05) is 25.2 Å². The third-order valence-electron chi connectivity index (χ3n) is 6.84. The van der Waals surface area contributed by atoms with E-state index in [1.54, 1.807) is 56.7 Å². The van der Waals surface area contributed by atoms with Crippen molar-refractivity contribution < 1.29 is 23.8 Å². The predicted molar refractivity (Wildman–Crippen MR) is 165 cm³/mol. The number of rotatable bonds is 13. The molecule has 226 valence electrons. The fourth-order valence-electron chi connectivity index (χ4n) is 4.68. The maximum absolute atomic E-state index is 13.4. The molecule has 1 heterocycles. The van der Waals surface area contributed by atoms with Gasteiger partial charge in [0.25, 0.3) is 5.56 Å². The van der Waals surface area contributed by atoms with Crippen LogP contribution in [0.15, 0.2) is 70.3 Å². The molecule has 11 nitrogen and oxygen atoms in total. The number of benzene rings is 3. The van der Waals surface area contributed by atoms with Crippen LogP contribution in [0.3, 0.4) is 0 Å². The van der Waals surface area contributed by atoms with Crippen LogP contribution in [-0.4, -0.2) is 48.8 Å². The molecule has 0 aliphatic rings. The van der Waals surface area contributed by atoms with E-state index >= 15 is 0 Å². The van der Waals surface area contributed by atoms with Crippen LogP contribution in [0.25, 0.3) is 10.9 Å². The van der Waals surface area contributed by atoms with Crippen LogP contribution in [0.1, 0.15) is 18.4 Å². The summed E-state index contributed by atoms with van der Waals surface area (Å²) in [6.45, 7) is 0.0901. The van der Waals surface area contributed by atoms with Crippen LogP contribution in [0.4, 0.5) is 5.69 Å². The van der Waals surface area contributed by atoms with E-state index in [1.807, 2.05) is 18.2 Å². The zero-order valence-corrected chi connectivity index (χ0v) is 24.9. The van der Waals surface area contributed by atoms with Gasteiger partial charge in [-0.15, -0.1) is 0 Å². The molecule has 43 heavy (non-hydrogen) atoms. The number of aromatic nitrogens is 2. The van der Waals surface area contributed by atoms with Crippen molar-refractivity contribution in [3.05, 3.63) is 92.1 Å². The number of nitrogens with zero attached hydrogens (tertiary/aromatic N) is 2. The summed E-state index contributed by atoms with van der Waals surface area (Å²) >= 11 is 6.16. The first-order chi connectivity index (χ1) is 20.7. The van der Waals surface area contributed by atoms with Gasteiger partial charge >= 0.3 is 5.69 Å². The van der Waals surface area contributed by atoms with Gasteiger partial charge in [-0.1, -0.05) is 29.8 Å². The SMILES string of the molecule is COc1ccc(NC(=O)Cn2c(=O)n(CCCC(=O)NCCc3ccc(OC)c(OC)c3)c(=O)c3ccccc32)cc1Cl.